The van der Waals surface area contributed by atoms with Gasteiger partial charge in [0.15, 0.2) is 0 Å². The Kier molecular flexibility index (Phi) is 2.84. The van der Waals surface area contributed by atoms with Crippen molar-refractivity contribution in [2.45, 2.75) is 13.8 Å². The second-order valence-electron chi connectivity index (χ2n) is 2.78. The Morgan fingerprint density at radius 1 is 1.62 bits per heavy atom. The molecular weight excluding hydrogens is 166 g/mol. The Balaban J connectivity index is 2.94. The molecule has 0 aliphatic heterocycles. The maximum Gasteiger partial charge on any atom is 0.251 e. The summed E-state index contributed by atoms with van der Waals surface area (Å²) >= 11 is 0. The normalized spacial score (nSPS) is 9.69. The Morgan fingerprint density at radius 3 is 2.85 bits per heavy atom. The monoisotopic (exact) mass is 179 g/mol. The van der Waals surface area contributed by atoms with Crippen molar-refractivity contribution in [2.24, 2.45) is 0 Å². The third-order valence-corrected chi connectivity index (χ3v) is 1.57. The van der Waals surface area contributed by atoms with Gasteiger partial charge in [-0.15, -0.1) is 0 Å². The smallest absolute Gasteiger partial charge is 0.251 e. The van der Waals surface area contributed by atoms with E-state index in [4.69, 9.17) is 5.73 Å². The first-order valence-corrected chi connectivity index (χ1v) is 4.16. The summed E-state index contributed by atoms with van der Waals surface area (Å²) < 4.78 is 0. The third kappa shape index (κ3) is 2.43. The van der Waals surface area contributed by atoms with Crippen molar-refractivity contribution in [3.8, 4) is 0 Å². The maximum absolute atomic E-state index is 11.4. The second-order valence-corrected chi connectivity index (χ2v) is 2.78. The molecule has 0 atom stereocenters. The number of aryl methyl sites for hydroxylation is 1. The predicted octanol–water partition coefficient (Wildman–Crippen LogP) is 0.722. The van der Waals surface area contributed by atoms with Gasteiger partial charge in [0, 0.05) is 17.8 Å². The average molecular weight is 179 g/mol. The summed E-state index contributed by atoms with van der Waals surface area (Å²) in [5, 5.41) is 2.69. The van der Waals surface area contributed by atoms with Crippen molar-refractivity contribution in [3.63, 3.8) is 0 Å². The molecule has 0 saturated carbocycles. The number of carbonyl (C=O) groups excluding carboxylic acids is 1. The van der Waals surface area contributed by atoms with Gasteiger partial charge < -0.3 is 11.1 Å². The number of rotatable bonds is 2. The van der Waals surface area contributed by atoms with Gasteiger partial charge in [-0.2, -0.15) is 0 Å². The van der Waals surface area contributed by atoms with Crippen LogP contribution in [-0.4, -0.2) is 17.4 Å². The molecule has 0 spiro atoms. The standard InChI is InChI=1S/C9H13N3O/c1-3-11-9(13)7-4-6(2)12-8(10)5-7/h4-5H,3H2,1-2H3,(H2,10,12)(H,11,13). The van der Waals surface area contributed by atoms with Crippen LogP contribution in [0, 0.1) is 6.92 Å². The van der Waals surface area contributed by atoms with Crippen LogP contribution < -0.4 is 11.1 Å². The summed E-state index contributed by atoms with van der Waals surface area (Å²) in [5.41, 5.74) is 6.82. The molecule has 1 rings (SSSR count). The number of nitrogens with one attached hydrogen (secondary N) is 1. The van der Waals surface area contributed by atoms with E-state index in [0.29, 0.717) is 17.9 Å². The summed E-state index contributed by atoms with van der Waals surface area (Å²) in [6.07, 6.45) is 0. The van der Waals surface area contributed by atoms with Crippen LogP contribution in [0.5, 0.6) is 0 Å². The summed E-state index contributed by atoms with van der Waals surface area (Å²) in [5.74, 6) is 0.265. The highest BCUT2D eigenvalue weighted by Crippen LogP contribution is 2.06. The van der Waals surface area contributed by atoms with E-state index in [1.54, 1.807) is 19.1 Å². The molecule has 1 heterocycles. The van der Waals surface area contributed by atoms with Gasteiger partial charge in [-0.05, 0) is 26.0 Å². The van der Waals surface area contributed by atoms with Crippen LogP contribution in [0.3, 0.4) is 0 Å². The molecule has 0 aliphatic rings. The lowest BCUT2D eigenvalue weighted by Gasteiger charge is -2.03. The van der Waals surface area contributed by atoms with Gasteiger partial charge in [-0.1, -0.05) is 0 Å². The third-order valence-electron chi connectivity index (χ3n) is 1.57. The Labute approximate surface area is 77.2 Å². The van der Waals surface area contributed by atoms with Crippen molar-refractivity contribution >= 4 is 11.7 Å². The number of nitrogens with two attached hydrogens (primary N) is 1. The van der Waals surface area contributed by atoms with Gasteiger partial charge >= 0.3 is 0 Å². The van der Waals surface area contributed by atoms with E-state index in [-0.39, 0.29) is 5.91 Å². The molecule has 1 amide bonds. The van der Waals surface area contributed by atoms with Crippen LogP contribution in [0.2, 0.25) is 0 Å². The number of carbonyl (C=O) groups is 1. The largest absolute Gasteiger partial charge is 0.384 e. The van der Waals surface area contributed by atoms with Gasteiger partial charge in [0.1, 0.15) is 5.82 Å². The Morgan fingerprint density at radius 2 is 2.31 bits per heavy atom. The molecule has 0 unspecified atom stereocenters. The van der Waals surface area contributed by atoms with Crippen LogP contribution >= 0.6 is 0 Å². The summed E-state index contributed by atoms with van der Waals surface area (Å²) in [7, 11) is 0. The molecule has 1 aromatic rings. The lowest BCUT2D eigenvalue weighted by atomic mass is 10.2. The highest BCUT2D eigenvalue weighted by Gasteiger charge is 2.05. The van der Waals surface area contributed by atoms with E-state index in [2.05, 4.69) is 10.3 Å². The van der Waals surface area contributed by atoms with Crippen LogP contribution in [0.1, 0.15) is 23.0 Å². The van der Waals surface area contributed by atoms with Crippen LogP contribution in [0.15, 0.2) is 12.1 Å². The lowest BCUT2D eigenvalue weighted by molar-refractivity contribution is 0.0955. The fourth-order valence-corrected chi connectivity index (χ4v) is 1.09. The molecule has 0 aromatic carbocycles. The fraction of sp³-hybridized carbons (Fsp3) is 0.333. The van der Waals surface area contributed by atoms with Crippen molar-refractivity contribution in [2.75, 3.05) is 12.3 Å². The van der Waals surface area contributed by atoms with E-state index in [9.17, 15) is 4.79 Å². The Hall–Kier alpha value is -1.58. The minimum atomic E-state index is -0.111. The molecule has 70 valence electrons. The van der Waals surface area contributed by atoms with E-state index in [0.717, 1.165) is 5.69 Å². The molecule has 0 aliphatic carbocycles. The number of hydrogen-bond donors (Lipinski definition) is 2. The molecule has 0 saturated heterocycles. The Bertz CT molecular complexity index is 302. The zero-order valence-electron chi connectivity index (χ0n) is 7.79. The number of anilines is 1. The van der Waals surface area contributed by atoms with Crippen molar-refractivity contribution < 1.29 is 4.79 Å². The van der Waals surface area contributed by atoms with Gasteiger partial charge in [-0.25, -0.2) is 4.98 Å². The number of hydrogen-bond acceptors (Lipinski definition) is 3. The quantitative estimate of drug-likeness (QED) is 0.703. The maximum atomic E-state index is 11.4. The summed E-state index contributed by atoms with van der Waals surface area (Å²) in [4.78, 5) is 15.3. The highest BCUT2D eigenvalue weighted by molar-refractivity contribution is 5.94. The van der Waals surface area contributed by atoms with E-state index < -0.39 is 0 Å². The number of amides is 1. The molecule has 0 fully saturated rings. The molecule has 13 heavy (non-hydrogen) atoms. The SMILES string of the molecule is CCNC(=O)c1cc(C)nc(N)c1. The first kappa shape index (κ1) is 9.51. The minimum Gasteiger partial charge on any atom is -0.384 e. The molecule has 4 heteroatoms. The van der Waals surface area contributed by atoms with Crippen LogP contribution in [0.25, 0.3) is 0 Å². The number of pyridine rings is 1. The molecular formula is C9H13N3O. The zero-order valence-corrected chi connectivity index (χ0v) is 7.79. The zero-order chi connectivity index (χ0) is 9.84. The molecule has 1 aromatic heterocycles. The average Bonchev–Trinajstić information content (AvgIpc) is 2.03. The van der Waals surface area contributed by atoms with Crippen molar-refractivity contribution in [1.82, 2.24) is 10.3 Å². The molecule has 0 radical (unpaired) electrons. The topological polar surface area (TPSA) is 68.0 Å². The number of nitrogen functional groups attached to an aromatic ring is 1. The first-order valence-electron chi connectivity index (χ1n) is 4.16. The molecule has 3 N–H and O–H groups in total. The highest BCUT2D eigenvalue weighted by atomic mass is 16.1. The fourth-order valence-electron chi connectivity index (χ4n) is 1.09. The van der Waals surface area contributed by atoms with Gasteiger partial charge in [0.25, 0.3) is 5.91 Å². The van der Waals surface area contributed by atoms with E-state index in [1.165, 1.54) is 0 Å². The van der Waals surface area contributed by atoms with E-state index in [1.807, 2.05) is 6.92 Å². The van der Waals surface area contributed by atoms with Crippen LogP contribution in [-0.2, 0) is 0 Å². The number of aromatic nitrogens is 1. The summed E-state index contributed by atoms with van der Waals surface area (Å²) in [6, 6.07) is 3.28. The van der Waals surface area contributed by atoms with Gasteiger partial charge in [-0.3, -0.25) is 4.79 Å². The van der Waals surface area contributed by atoms with Crippen LogP contribution in [0.4, 0.5) is 5.82 Å². The van der Waals surface area contributed by atoms with Gasteiger partial charge in [0.2, 0.25) is 0 Å². The van der Waals surface area contributed by atoms with Crippen molar-refractivity contribution in [1.29, 1.82) is 0 Å². The molecule has 4 nitrogen and oxygen atoms in total. The minimum absolute atomic E-state index is 0.111. The predicted molar refractivity (Wildman–Crippen MR) is 51.4 cm³/mol. The first-order chi connectivity index (χ1) is 6.13. The lowest BCUT2D eigenvalue weighted by Crippen LogP contribution is -2.23. The summed E-state index contributed by atoms with van der Waals surface area (Å²) in [6.45, 7) is 4.29. The van der Waals surface area contributed by atoms with E-state index >= 15 is 0 Å². The van der Waals surface area contributed by atoms with Gasteiger partial charge in [0.05, 0.1) is 0 Å². The molecule has 0 bridgehead atoms. The number of nitrogens with zero attached hydrogens (tertiary/aromatic N) is 1. The second kappa shape index (κ2) is 3.89. The van der Waals surface area contributed by atoms with Crippen molar-refractivity contribution in [3.05, 3.63) is 23.4 Å².